The molecule has 6 nitrogen and oxygen atoms in total. The molecule has 0 saturated carbocycles. The van der Waals surface area contributed by atoms with E-state index in [2.05, 4.69) is 6.92 Å². The summed E-state index contributed by atoms with van der Waals surface area (Å²) in [6.07, 6.45) is 35.8. The Hall–Kier alpha value is -0.760. The van der Waals surface area contributed by atoms with Gasteiger partial charge < -0.3 is 31.9 Å². The highest BCUT2D eigenvalue weighted by molar-refractivity contribution is 4.96. The Labute approximate surface area is 260 Å². The quantitative estimate of drug-likeness (QED) is 0.0350. The fraction of sp³-hybridized carbons (Fsp3) is 0.889. The molecule has 0 rings (SSSR count). The van der Waals surface area contributed by atoms with E-state index in [-0.39, 0.29) is 6.61 Å². The molecule has 0 spiro atoms. The topological polar surface area (TPSA) is 133 Å². The van der Waals surface area contributed by atoms with Crippen molar-refractivity contribution < 1.29 is 20.4 Å². The Morgan fingerprint density at radius 2 is 0.857 bits per heavy atom. The lowest BCUT2D eigenvalue weighted by Crippen LogP contribution is -2.43. The van der Waals surface area contributed by atoms with E-state index >= 15 is 0 Å². The molecule has 0 aliphatic heterocycles. The number of hydrogen-bond acceptors (Lipinski definition) is 6. The maximum absolute atomic E-state index is 10.4. The fourth-order valence-electron chi connectivity index (χ4n) is 5.40. The van der Waals surface area contributed by atoms with E-state index in [9.17, 15) is 15.3 Å². The van der Waals surface area contributed by atoms with Crippen LogP contribution in [0.5, 0.6) is 0 Å². The van der Waals surface area contributed by atoms with Crippen LogP contribution in [0.2, 0.25) is 0 Å². The van der Waals surface area contributed by atoms with E-state index in [4.69, 9.17) is 16.6 Å². The van der Waals surface area contributed by atoms with Crippen molar-refractivity contribution in [1.29, 1.82) is 0 Å². The zero-order chi connectivity index (χ0) is 31.1. The van der Waals surface area contributed by atoms with Gasteiger partial charge in [0.05, 0.1) is 37.0 Å². The minimum absolute atomic E-state index is 0.202. The zero-order valence-corrected chi connectivity index (χ0v) is 27.5. The molecule has 6 heteroatoms. The summed E-state index contributed by atoms with van der Waals surface area (Å²) >= 11 is 0. The molecular weight excluding hydrogens is 524 g/mol. The largest absolute Gasteiger partial charge is 0.395 e. The molecule has 8 N–H and O–H groups in total. The first kappa shape index (κ1) is 41.2. The number of nitrogens with two attached hydrogens (primary N) is 2. The molecular formula is C36H72N2O4. The number of rotatable bonds is 32. The first-order valence-electron chi connectivity index (χ1n) is 17.9. The molecule has 250 valence electrons. The van der Waals surface area contributed by atoms with Gasteiger partial charge in [0, 0.05) is 0 Å². The lowest BCUT2D eigenvalue weighted by atomic mass is 9.98. The fourth-order valence-corrected chi connectivity index (χ4v) is 5.40. The number of hydrogen-bond donors (Lipinski definition) is 6. The molecule has 0 bridgehead atoms. The first-order valence-corrected chi connectivity index (χ1v) is 17.9. The van der Waals surface area contributed by atoms with Crippen LogP contribution in [0, 0.1) is 0 Å². The molecule has 0 aromatic carbocycles. The van der Waals surface area contributed by atoms with Gasteiger partial charge in [-0.05, 0) is 32.1 Å². The van der Waals surface area contributed by atoms with E-state index in [1.165, 1.54) is 116 Å². The highest BCUT2D eigenvalue weighted by atomic mass is 16.3. The van der Waals surface area contributed by atoms with Crippen LogP contribution in [0.25, 0.3) is 0 Å². The molecule has 0 amide bonds. The predicted molar refractivity (Wildman–Crippen MR) is 180 cm³/mol. The summed E-state index contributed by atoms with van der Waals surface area (Å²) in [6, 6.07) is -1.20. The summed E-state index contributed by atoms with van der Waals surface area (Å²) in [6.45, 7) is 2.06. The van der Waals surface area contributed by atoms with Crippen molar-refractivity contribution in [3.05, 3.63) is 24.3 Å². The summed E-state index contributed by atoms with van der Waals surface area (Å²) in [5, 5.41) is 39.3. The van der Waals surface area contributed by atoms with Crippen LogP contribution in [0.15, 0.2) is 24.3 Å². The van der Waals surface area contributed by atoms with Gasteiger partial charge in [0.1, 0.15) is 0 Å². The minimum atomic E-state index is -0.770. The summed E-state index contributed by atoms with van der Waals surface area (Å²) in [5.74, 6) is 0. The standard InChI is InChI=1S/C36H72N2O4/c1-2-3-4-5-6-7-8-10-14-17-20-23-26-29-34(41)36(38)35(42)30-27-24-21-18-15-12-9-11-13-16-19-22-25-28-33(40)32(37)31-39/h25-26,28-29,32-36,39-42H,2-24,27,30-31,37-38H2,1H3/b28-25?,29-26+/t32?,33?,34-,35?,36-/m1/s1. The van der Waals surface area contributed by atoms with Crippen LogP contribution in [-0.4, -0.2) is 57.4 Å². The van der Waals surface area contributed by atoms with Crippen LogP contribution < -0.4 is 11.5 Å². The maximum Gasteiger partial charge on any atom is 0.0897 e. The summed E-state index contributed by atoms with van der Waals surface area (Å²) in [7, 11) is 0. The van der Waals surface area contributed by atoms with Crippen LogP contribution in [-0.2, 0) is 0 Å². The highest BCUT2D eigenvalue weighted by Crippen LogP contribution is 2.15. The van der Waals surface area contributed by atoms with Gasteiger partial charge in [-0.3, -0.25) is 0 Å². The molecule has 42 heavy (non-hydrogen) atoms. The summed E-state index contributed by atoms with van der Waals surface area (Å²) in [5.41, 5.74) is 11.7. The average molecular weight is 597 g/mol. The van der Waals surface area contributed by atoms with Gasteiger partial charge in [0.15, 0.2) is 0 Å². The van der Waals surface area contributed by atoms with Crippen LogP contribution in [0.3, 0.4) is 0 Å². The van der Waals surface area contributed by atoms with E-state index in [0.29, 0.717) is 6.42 Å². The molecule has 0 radical (unpaired) electrons. The Kier molecular flexibility index (Phi) is 31.1. The Morgan fingerprint density at radius 3 is 1.26 bits per heavy atom. The summed E-state index contributed by atoms with van der Waals surface area (Å²) in [4.78, 5) is 0. The SMILES string of the molecule is CCCCCCCCCCCCC/C=C/[C@@H](O)[C@@H](N)C(O)CCCCCCCCCCCCCC=CC(O)C(N)CO. The van der Waals surface area contributed by atoms with Gasteiger partial charge >= 0.3 is 0 Å². The van der Waals surface area contributed by atoms with Gasteiger partial charge in [-0.1, -0.05) is 160 Å². The lowest BCUT2D eigenvalue weighted by Gasteiger charge is -2.22. The summed E-state index contributed by atoms with van der Waals surface area (Å²) < 4.78 is 0. The molecule has 0 saturated heterocycles. The Bertz CT molecular complexity index is 601. The molecule has 0 fully saturated rings. The zero-order valence-electron chi connectivity index (χ0n) is 27.5. The Morgan fingerprint density at radius 1 is 0.500 bits per heavy atom. The van der Waals surface area contributed by atoms with Crippen LogP contribution in [0.1, 0.15) is 167 Å². The van der Waals surface area contributed by atoms with Gasteiger partial charge in [-0.25, -0.2) is 0 Å². The number of aliphatic hydroxyl groups is 4. The second-order valence-corrected chi connectivity index (χ2v) is 12.6. The van der Waals surface area contributed by atoms with E-state index in [1.807, 2.05) is 12.2 Å². The van der Waals surface area contributed by atoms with Crippen molar-refractivity contribution in [2.45, 2.75) is 198 Å². The van der Waals surface area contributed by atoms with E-state index < -0.39 is 30.4 Å². The average Bonchev–Trinajstić information content (AvgIpc) is 3.00. The maximum atomic E-state index is 10.4. The molecule has 0 heterocycles. The molecule has 5 atom stereocenters. The second-order valence-electron chi connectivity index (χ2n) is 12.6. The van der Waals surface area contributed by atoms with Gasteiger partial charge in [-0.15, -0.1) is 0 Å². The molecule has 0 aromatic heterocycles. The molecule has 0 aromatic rings. The third-order valence-corrected chi connectivity index (χ3v) is 8.50. The van der Waals surface area contributed by atoms with Gasteiger partial charge in [0.25, 0.3) is 0 Å². The van der Waals surface area contributed by atoms with E-state index in [1.54, 1.807) is 12.2 Å². The van der Waals surface area contributed by atoms with Crippen molar-refractivity contribution in [2.75, 3.05) is 6.61 Å². The van der Waals surface area contributed by atoms with Crippen molar-refractivity contribution in [2.24, 2.45) is 11.5 Å². The minimum Gasteiger partial charge on any atom is -0.395 e. The predicted octanol–water partition coefficient (Wildman–Crippen LogP) is 7.60. The van der Waals surface area contributed by atoms with Crippen molar-refractivity contribution in [3.8, 4) is 0 Å². The molecule has 3 unspecified atom stereocenters. The third kappa shape index (κ3) is 26.8. The lowest BCUT2D eigenvalue weighted by molar-refractivity contribution is 0.0710. The molecule has 0 aliphatic rings. The number of unbranched alkanes of at least 4 members (excludes halogenated alkanes) is 22. The van der Waals surface area contributed by atoms with Crippen LogP contribution in [0.4, 0.5) is 0 Å². The van der Waals surface area contributed by atoms with Crippen molar-refractivity contribution in [1.82, 2.24) is 0 Å². The van der Waals surface area contributed by atoms with Crippen LogP contribution >= 0.6 is 0 Å². The normalized spacial score (nSPS) is 15.9. The molecule has 0 aliphatic carbocycles. The van der Waals surface area contributed by atoms with Crippen molar-refractivity contribution >= 4 is 0 Å². The van der Waals surface area contributed by atoms with Gasteiger partial charge in [0.2, 0.25) is 0 Å². The number of aliphatic hydroxyl groups excluding tert-OH is 4. The third-order valence-electron chi connectivity index (χ3n) is 8.50. The van der Waals surface area contributed by atoms with E-state index in [0.717, 1.165) is 38.5 Å². The Balaban J connectivity index is 3.53. The number of allylic oxidation sites excluding steroid dienone is 2. The van der Waals surface area contributed by atoms with Gasteiger partial charge in [-0.2, -0.15) is 0 Å². The first-order chi connectivity index (χ1) is 20.4. The monoisotopic (exact) mass is 597 g/mol. The highest BCUT2D eigenvalue weighted by Gasteiger charge is 2.20. The second kappa shape index (κ2) is 31.7. The van der Waals surface area contributed by atoms with Crippen molar-refractivity contribution in [3.63, 3.8) is 0 Å². The smallest absolute Gasteiger partial charge is 0.0897 e.